The molecule has 0 aromatic carbocycles. The molecule has 1 saturated heterocycles. The van der Waals surface area contributed by atoms with Crippen molar-refractivity contribution in [2.24, 2.45) is 5.92 Å². The van der Waals surface area contributed by atoms with Crippen LogP contribution in [-0.2, 0) is 16.8 Å². The maximum Gasteiger partial charge on any atom is 0.282 e. The van der Waals surface area contributed by atoms with Gasteiger partial charge in [-0.05, 0) is 18.8 Å². The molecule has 0 bridgehead atoms. The third-order valence-electron chi connectivity index (χ3n) is 3.21. The lowest BCUT2D eigenvalue weighted by molar-refractivity contribution is 0.262. The third kappa shape index (κ3) is 3.09. The second kappa shape index (κ2) is 5.64. The number of hydrogen-bond acceptors (Lipinski definition) is 4. The molecule has 1 aliphatic rings. The van der Waals surface area contributed by atoms with E-state index in [9.17, 15) is 8.42 Å². The number of piperidine rings is 1. The summed E-state index contributed by atoms with van der Waals surface area (Å²) in [5.41, 5.74) is 2.52. The van der Waals surface area contributed by atoms with Gasteiger partial charge in [0.1, 0.15) is 0 Å². The molecule has 1 atom stereocenters. The first-order valence-electron chi connectivity index (χ1n) is 6.08. The predicted octanol–water partition coefficient (Wildman–Crippen LogP) is 1.55. The molecule has 0 saturated carbocycles. The van der Waals surface area contributed by atoms with Gasteiger partial charge in [0.2, 0.25) is 0 Å². The van der Waals surface area contributed by atoms with E-state index in [4.69, 9.17) is 0 Å². The fraction of sp³-hybridized carbons (Fsp3) is 0.727. The molecule has 0 aliphatic carbocycles. The number of thiazole rings is 1. The van der Waals surface area contributed by atoms with E-state index in [1.807, 2.05) is 5.38 Å². The van der Waals surface area contributed by atoms with Gasteiger partial charge in [0.25, 0.3) is 10.2 Å². The van der Waals surface area contributed by atoms with E-state index in [1.54, 1.807) is 16.9 Å². The number of hydrogen-bond donors (Lipinski definition) is 0. The van der Waals surface area contributed by atoms with Gasteiger partial charge in [-0.15, -0.1) is 11.3 Å². The summed E-state index contributed by atoms with van der Waals surface area (Å²) >= 11 is 1.48. The number of rotatable bonds is 4. The van der Waals surface area contributed by atoms with Gasteiger partial charge in [0, 0.05) is 25.5 Å². The van der Waals surface area contributed by atoms with Gasteiger partial charge in [-0.2, -0.15) is 17.0 Å². The van der Waals surface area contributed by atoms with Gasteiger partial charge in [-0.25, -0.2) is 4.98 Å². The molecule has 2 rings (SSSR count). The highest BCUT2D eigenvalue weighted by molar-refractivity contribution is 7.86. The molecule has 0 amide bonds. The minimum Gasteiger partial charge on any atom is -0.248 e. The van der Waals surface area contributed by atoms with Crippen LogP contribution in [-0.4, -0.2) is 42.1 Å². The summed E-state index contributed by atoms with van der Waals surface area (Å²) in [4.78, 5) is 4.12. The van der Waals surface area contributed by atoms with Gasteiger partial charge in [-0.3, -0.25) is 0 Å². The van der Waals surface area contributed by atoms with Crippen LogP contribution in [0, 0.1) is 5.92 Å². The largest absolute Gasteiger partial charge is 0.282 e. The van der Waals surface area contributed by atoms with Crippen molar-refractivity contribution in [3.8, 4) is 0 Å². The fourth-order valence-electron chi connectivity index (χ4n) is 2.18. The molecule has 0 N–H and O–H groups in total. The predicted molar refractivity (Wildman–Crippen MR) is 72.5 cm³/mol. The Kier molecular flexibility index (Phi) is 4.37. The Bertz CT molecular complexity index is 472. The van der Waals surface area contributed by atoms with Crippen LogP contribution in [0.1, 0.15) is 25.5 Å². The first-order chi connectivity index (χ1) is 8.50. The van der Waals surface area contributed by atoms with Crippen LogP contribution in [0.15, 0.2) is 10.9 Å². The zero-order chi connectivity index (χ0) is 13.2. The first kappa shape index (κ1) is 13.9. The van der Waals surface area contributed by atoms with Gasteiger partial charge < -0.3 is 0 Å². The van der Waals surface area contributed by atoms with Crippen LogP contribution in [0.4, 0.5) is 0 Å². The summed E-state index contributed by atoms with van der Waals surface area (Å²) in [5.74, 6) is 0.446. The van der Waals surface area contributed by atoms with Crippen molar-refractivity contribution in [3.05, 3.63) is 16.6 Å². The molecule has 1 unspecified atom stereocenters. The highest BCUT2D eigenvalue weighted by Gasteiger charge is 2.30. The van der Waals surface area contributed by atoms with Crippen molar-refractivity contribution in [3.63, 3.8) is 0 Å². The SMILES string of the molecule is CC1CCCN(S(=O)(=O)N(C)Cc2cscn2)C1. The molecule has 7 heteroatoms. The lowest BCUT2D eigenvalue weighted by Crippen LogP contribution is -2.46. The molecule has 1 aliphatic heterocycles. The van der Waals surface area contributed by atoms with Crippen LogP contribution < -0.4 is 0 Å². The Morgan fingerprint density at radius 3 is 3.00 bits per heavy atom. The smallest absolute Gasteiger partial charge is 0.248 e. The van der Waals surface area contributed by atoms with Crippen molar-refractivity contribution >= 4 is 21.5 Å². The highest BCUT2D eigenvalue weighted by Crippen LogP contribution is 2.20. The van der Waals surface area contributed by atoms with Crippen LogP contribution in [0.25, 0.3) is 0 Å². The molecule has 102 valence electrons. The van der Waals surface area contributed by atoms with Crippen molar-refractivity contribution in [2.45, 2.75) is 26.3 Å². The van der Waals surface area contributed by atoms with Gasteiger partial charge in [0.05, 0.1) is 17.7 Å². The number of aromatic nitrogens is 1. The molecule has 18 heavy (non-hydrogen) atoms. The average Bonchev–Trinajstić information content (AvgIpc) is 2.81. The van der Waals surface area contributed by atoms with Gasteiger partial charge in [0.15, 0.2) is 0 Å². The van der Waals surface area contributed by atoms with Gasteiger partial charge in [-0.1, -0.05) is 6.92 Å². The standard InChI is InChI=1S/C11H19N3O2S2/c1-10-4-3-5-14(6-10)18(15,16)13(2)7-11-8-17-9-12-11/h8-10H,3-7H2,1-2H3. The summed E-state index contributed by atoms with van der Waals surface area (Å²) in [6, 6.07) is 0. The van der Waals surface area contributed by atoms with Crippen LogP contribution in [0.2, 0.25) is 0 Å². The van der Waals surface area contributed by atoms with Gasteiger partial charge >= 0.3 is 0 Å². The van der Waals surface area contributed by atoms with E-state index in [0.29, 0.717) is 25.6 Å². The van der Waals surface area contributed by atoms with E-state index in [2.05, 4.69) is 11.9 Å². The molecular weight excluding hydrogens is 270 g/mol. The fourth-order valence-corrected chi connectivity index (χ4v) is 4.22. The molecule has 5 nitrogen and oxygen atoms in total. The number of nitrogens with zero attached hydrogens (tertiary/aromatic N) is 3. The van der Waals surface area contributed by atoms with E-state index in [-0.39, 0.29) is 0 Å². The normalized spacial score (nSPS) is 22.5. The van der Waals surface area contributed by atoms with E-state index >= 15 is 0 Å². The first-order valence-corrected chi connectivity index (χ1v) is 8.42. The maximum absolute atomic E-state index is 12.4. The summed E-state index contributed by atoms with van der Waals surface area (Å²) in [6.45, 7) is 3.71. The Morgan fingerprint density at radius 1 is 1.61 bits per heavy atom. The molecule has 1 aromatic heterocycles. The minimum absolute atomic E-state index is 0.344. The Morgan fingerprint density at radius 2 is 2.39 bits per heavy atom. The van der Waals surface area contributed by atoms with E-state index in [1.165, 1.54) is 15.6 Å². The van der Waals surface area contributed by atoms with Crippen molar-refractivity contribution in [2.75, 3.05) is 20.1 Å². The molecule has 2 heterocycles. The second-order valence-corrected chi connectivity index (χ2v) is 7.60. The quantitative estimate of drug-likeness (QED) is 0.845. The molecule has 1 fully saturated rings. The monoisotopic (exact) mass is 289 g/mol. The summed E-state index contributed by atoms with van der Waals surface area (Å²) in [6.07, 6.45) is 2.06. The summed E-state index contributed by atoms with van der Waals surface area (Å²) < 4.78 is 27.7. The van der Waals surface area contributed by atoms with E-state index in [0.717, 1.165) is 18.5 Å². The Labute approximate surface area is 113 Å². The second-order valence-electron chi connectivity index (χ2n) is 4.85. The van der Waals surface area contributed by atoms with Crippen molar-refractivity contribution in [1.29, 1.82) is 0 Å². The van der Waals surface area contributed by atoms with Crippen LogP contribution >= 0.6 is 11.3 Å². The van der Waals surface area contributed by atoms with Crippen LogP contribution in [0.3, 0.4) is 0 Å². The maximum atomic E-state index is 12.4. The Hall–Kier alpha value is -0.500. The zero-order valence-electron chi connectivity index (χ0n) is 10.7. The molecule has 0 radical (unpaired) electrons. The highest BCUT2D eigenvalue weighted by atomic mass is 32.2. The summed E-state index contributed by atoms with van der Waals surface area (Å²) in [7, 11) is -1.72. The Balaban J connectivity index is 2.05. The van der Waals surface area contributed by atoms with Crippen LogP contribution in [0.5, 0.6) is 0 Å². The average molecular weight is 289 g/mol. The molecule has 1 aromatic rings. The topological polar surface area (TPSA) is 53.5 Å². The lowest BCUT2D eigenvalue weighted by Gasteiger charge is -2.32. The molecule has 0 spiro atoms. The van der Waals surface area contributed by atoms with E-state index < -0.39 is 10.2 Å². The molecular formula is C11H19N3O2S2. The minimum atomic E-state index is -3.34. The lowest BCUT2D eigenvalue weighted by atomic mass is 10.0. The third-order valence-corrected chi connectivity index (χ3v) is 5.74. The van der Waals surface area contributed by atoms with Crippen molar-refractivity contribution in [1.82, 2.24) is 13.6 Å². The zero-order valence-corrected chi connectivity index (χ0v) is 12.4. The summed E-state index contributed by atoms with van der Waals surface area (Å²) in [5, 5.41) is 1.88. The van der Waals surface area contributed by atoms with Crippen molar-refractivity contribution < 1.29 is 8.42 Å².